The molecule has 82 valence electrons. The van der Waals surface area contributed by atoms with Crippen LogP contribution in [0.2, 0.25) is 0 Å². The molecule has 0 heterocycles. The average molecular weight is 224 g/mol. The van der Waals surface area contributed by atoms with Crippen molar-refractivity contribution >= 4 is 23.0 Å². The molecule has 4 heteroatoms. The van der Waals surface area contributed by atoms with Gasteiger partial charge in [0.25, 0.3) is 0 Å². The lowest BCUT2D eigenvalue weighted by molar-refractivity contribution is 0.169. The largest absolute Gasteiger partial charge is 0.392 e. The summed E-state index contributed by atoms with van der Waals surface area (Å²) >= 11 is 5.18. The normalized spacial score (nSPS) is 11.9. The second-order valence-corrected chi connectivity index (χ2v) is 3.91. The quantitative estimate of drug-likeness (QED) is 0.766. The molecule has 15 heavy (non-hydrogen) atoms. The Morgan fingerprint density at radius 3 is 2.60 bits per heavy atom. The lowest BCUT2D eigenvalue weighted by atomic mass is 10.3. The molecular weight excluding hydrogens is 208 g/mol. The standard InChI is InChI=1S/C11H16N2OS/c1-9(14)8-13(2)11(15)12-10-6-4-3-5-7-10/h3-7,9,14H,8H2,1-2H3,(H,12,15)/t9-/m0/s1. The number of thiocarbonyl (C=S) groups is 1. The molecule has 1 aromatic carbocycles. The van der Waals surface area contributed by atoms with Crippen LogP contribution in [0.25, 0.3) is 0 Å². The van der Waals surface area contributed by atoms with Gasteiger partial charge in [-0.25, -0.2) is 0 Å². The van der Waals surface area contributed by atoms with Gasteiger partial charge >= 0.3 is 0 Å². The van der Waals surface area contributed by atoms with Crippen LogP contribution in [0.1, 0.15) is 6.92 Å². The SMILES string of the molecule is C[C@H](O)CN(C)C(=S)Nc1ccccc1. The van der Waals surface area contributed by atoms with Crippen LogP contribution >= 0.6 is 12.2 Å². The molecule has 0 saturated heterocycles. The van der Waals surface area contributed by atoms with Gasteiger partial charge in [0.05, 0.1) is 6.10 Å². The zero-order chi connectivity index (χ0) is 11.3. The molecule has 0 aliphatic heterocycles. The van der Waals surface area contributed by atoms with E-state index in [4.69, 9.17) is 12.2 Å². The van der Waals surface area contributed by atoms with Gasteiger partial charge in [0.15, 0.2) is 5.11 Å². The van der Waals surface area contributed by atoms with Crippen molar-refractivity contribution in [2.75, 3.05) is 18.9 Å². The number of aliphatic hydroxyl groups is 1. The monoisotopic (exact) mass is 224 g/mol. The smallest absolute Gasteiger partial charge is 0.173 e. The topological polar surface area (TPSA) is 35.5 Å². The average Bonchev–Trinajstić information content (AvgIpc) is 2.18. The number of hydrogen-bond acceptors (Lipinski definition) is 2. The van der Waals surface area contributed by atoms with Gasteiger partial charge in [-0.05, 0) is 31.3 Å². The first-order valence-electron chi connectivity index (χ1n) is 4.85. The van der Waals surface area contributed by atoms with Crippen LogP contribution in [-0.4, -0.2) is 34.8 Å². The van der Waals surface area contributed by atoms with E-state index in [9.17, 15) is 5.11 Å². The van der Waals surface area contributed by atoms with Crippen LogP contribution in [0.4, 0.5) is 5.69 Å². The van der Waals surface area contributed by atoms with Crippen LogP contribution in [-0.2, 0) is 0 Å². The fourth-order valence-electron chi connectivity index (χ4n) is 1.22. The highest BCUT2D eigenvalue weighted by Gasteiger charge is 2.06. The minimum absolute atomic E-state index is 0.384. The molecular formula is C11H16N2OS. The van der Waals surface area contributed by atoms with Crippen molar-refractivity contribution in [2.24, 2.45) is 0 Å². The van der Waals surface area contributed by atoms with Gasteiger partial charge in [-0.1, -0.05) is 18.2 Å². The summed E-state index contributed by atoms with van der Waals surface area (Å²) < 4.78 is 0. The Bertz CT molecular complexity index is 314. The number of anilines is 1. The maximum absolute atomic E-state index is 9.21. The molecule has 0 aromatic heterocycles. The highest BCUT2D eigenvalue weighted by molar-refractivity contribution is 7.80. The molecule has 3 nitrogen and oxygen atoms in total. The van der Waals surface area contributed by atoms with Crippen LogP contribution in [0, 0.1) is 0 Å². The van der Waals surface area contributed by atoms with Crippen LogP contribution in [0.5, 0.6) is 0 Å². The highest BCUT2D eigenvalue weighted by atomic mass is 32.1. The molecule has 1 aromatic rings. The first kappa shape index (κ1) is 11.9. The Hall–Kier alpha value is -1.13. The number of benzene rings is 1. The molecule has 0 fully saturated rings. The van der Waals surface area contributed by atoms with Crippen molar-refractivity contribution in [1.82, 2.24) is 4.90 Å². The van der Waals surface area contributed by atoms with Crippen molar-refractivity contribution in [3.8, 4) is 0 Å². The van der Waals surface area contributed by atoms with E-state index in [0.29, 0.717) is 11.7 Å². The van der Waals surface area contributed by atoms with E-state index in [0.717, 1.165) is 5.69 Å². The summed E-state index contributed by atoms with van der Waals surface area (Å²) in [4.78, 5) is 1.81. The molecule has 0 spiro atoms. The first-order chi connectivity index (χ1) is 7.09. The predicted octanol–water partition coefficient (Wildman–Crippen LogP) is 1.70. The summed E-state index contributed by atoms with van der Waals surface area (Å²) in [5, 5.41) is 12.9. The van der Waals surface area contributed by atoms with Crippen molar-refractivity contribution < 1.29 is 5.11 Å². The second kappa shape index (κ2) is 5.68. The highest BCUT2D eigenvalue weighted by Crippen LogP contribution is 2.06. The number of nitrogens with zero attached hydrogens (tertiary/aromatic N) is 1. The van der Waals surface area contributed by atoms with Gasteiger partial charge in [0.2, 0.25) is 0 Å². The fraction of sp³-hybridized carbons (Fsp3) is 0.364. The van der Waals surface area contributed by atoms with Gasteiger partial charge in [-0.15, -0.1) is 0 Å². The number of para-hydroxylation sites is 1. The number of nitrogens with one attached hydrogen (secondary N) is 1. The van der Waals surface area contributed by atoms with Crippen LogP contribution in [0.15, 0.2) is 30.3 Å². The second-order valence-electron chi connectivity index (χ2n) is 3.53. The summed E-state index contributed by atoms with van der Waals surface area (Å²) in [7, 11) is 1.85. The van der Waals surface area contributed by atoms with E-state index in [-0.39, 0.29) is 6.10 Å². The third-order valence-corrected chi connectivity index (χ3v) is 2.32. The summed E-state index contributed by atoms with van der Waals surface area (Å²) in [6.45, 7) is 2.26. The number of aliphatic hydroxyl groups excluding tert-OH is 1. The fourth-order valence-corrected chi connectivity index (χ4v) is 1.41. The van der Waals surface area contributed by atoms with Crippen molar-refractivity contribution in [2.45, 2.75) is 13.0 Å². The summed E-state index contributed by atoms with van der Waals surface area (Å²) in [5.41, 5.74) is 0.958. The lowest BCUT2D eigenvalue weighted by Crippen LogP contribution is -2.36. The minimum atomic E-state index is -0.384. The van der Waals surface area contributed by atoms with E-state index in [1.165, 1.54) is 0 Å². The Labute approximate surface area is 95.7 Å². The Kier molecular flexibility index (Phi) is 4.52. The molecule has 0 bridgehead atoms. The molecule has 0 saturated carbocycles. The van der Waals surface area contributed by atoms with Crippen molar-refractivity contribution in [3.05, 3.63) is 30.3 Å². The van der Waals surface area contributed by atoms with E-state index in [1.54, 1.807) is 6.92 Å². The van der Waals surface area contributed by atoms with E-state index in [2.05, 4.69) is 5.32 Å². The van der Waals surface area contributed by atoms with E-state index >= 15 is 0 Å². The molecule has 0 amide bonds. The Morgan fingerprint density at radius 1 is 1.47 bits per heavy atom. The van der Waals surface area contributed by atoms with E-state index < -0.39 is 0 Å². The van der Waals surface area contributed by atoms with Crippen molar-refractivity contribution in [1.29, 1.82) is 0 Å². The summed E-state index contributed by atoms with van der Waals surface area (Å²) in [5.74, 6) is 0. The molecule has 1 rings (SSSR count). The lowest BCUT2D eigenvalue weighted by Gasteiger charge is -2.22. The zero-order valence-electron chi connectivity index (χ0n) is 8.97. The number of hydrogen-bond donors (Lipinski definition) is 2. The molecule has 0 radical (unpaired) electrons. The number of likely N-dealkylation sites (N-methyl/N-ethyl adjacent to an activating group) is 1. The Morgan fingerprint density at radius 2 is 2.07 bits per heavy atom. The molecule has 0 aliphatic carbocycles. The third kappa shape index (κ3) is 4.27. The van der Waals surface area contributed by atoms with E-state index in [1.807, 2.05) is 42.3 Å². The van der Waals surface area contributed by atoms with Gasteiger partial charge < -0.3 is 15.3 Å². The molecule has 0 aliphatic rings. The van der Waals surface area contributed by atoms with Crippen LogP contribution < -0.4 is 5.32 Å². The minimum Gasteiger partial charge on any atom is -0.392 e. The molecule has 0 unspecified atom stereocenters. The van der Waals surface area contributed by atoms with Gasteiger partial charge in [-0.3, -0.25) is 0 Å². The van der Waals surface area contributed by atoms with Crippen LogP contribution in [0.3, 0.4) is 0 Å². The number of rotatable bonds is 3. The maximum Gasteiger partial charge on any atom is 0.173 e. The van der Waals surface area contributed by atoms with Gasteiger partial charge in [0, 0.05) is 19.3 Å². The first-order valence-corrected chi connectivity index (χ1v) is 5.25. The predicted molar refractivity (Wildman–Crippen MR) is 67.0 cm³/mol. The van der Waals surface area contributed by atoms with Crippen molar-refractivity contribution in [3.63, 3.8) is 0 Å². The summed E-state index contributed by atoms with van der Waals surface area (Å²) in [6, 6.07) is 9.73. The maximum atomic E-state index is 9.21. The van der Waals surface area contributed by atoms with Gasteiger partial charge in [-0.2, -0.15) is 0 Å². The molecule has 1 atom stereocenters. The Balaban J connectivity index is 2.49. The van der Waals surface area contributed by atoms with Gasteiger partial charge in [0.1, 0.15) is 0 Å². The summed E-state index contributed by atoms with van der Waals surface area (Å²) in [6.07, 6.45) is -0.384. The zero-order valence-corrected chi connectivity index (χ0v) is 9.79. The molecule has 2 N–H and O–H groups in total. The third-order valence-electron chi connectivity index (χ3n) is 1.91.